The average Bonchev–Trinajstić information content (AvgIpc) is 2.53. The predicted octanol–water partition coefficient (Wildman–Crippen LogP) is 3.14. The minimum atomic E-state index is -1.42. The summed E-state index contributed by atoms with van der Waals surface area (Å²) in [4.78, 5) is 24.1. The highest BCUT2D eigenvalue weighted by molar-refractivity contribution is 14.1. The fourth-order valence-electron chi connectivity index (χ4n) is 2.15. The lowest BCUT2D eigenvalue weighted by atomic mass is 10.0. The number of hydrazine groups is 1. The number of carbonyl (C=O) groups excluding carboxylic acids is 1. The number of hydrogen-bond acceptors (Lipinski definition) is 3. The molecule has 0 unspecified atom stereocenters. The third-order valence-corrected chi connectivity index (χ3v) is 5.02. The van der Waals surface area contributed by atoms with Crippen molar-refractivity contribution in [1.82, 2.24) is 5.32 Å². The maximum Gasteiger partial charge on any atom is 0.406 e. The zero-order valence-corrected chi connectivity index (χ0v) is 16.8. The second-order valence-corrected chi connectivity index (χ2v) is 8.14. The number of nitrogens with zero attached hydrogens (tertiary/aromatic N) is 1. The number of alkyl halides is 1. The zero-order chi connectivity index (χ0) is 17.7. The molecule has 0 aliphatic carbocycles. The number of nitrogens with one attached hydrogen (secondary N) is 1. The Kier molecular flexibility index (Phi) is 6.40. The van der Waals surface area contributed by atoms with Crippen LogP contribution < -0.4 is 16.2 Å². The molecule has 0 saturated carbocycles. The fraction of sp³-hybridized carbons (Fsp3) is 0.125. The van der Waals surface area contributed by atoms with Gasteiger partial charge in [0.1, 0.15) is 0 Å². The van der Waals surface area contributed by atoms with E-state index in [1.54, 1.807) is 40.8 Å². The summed E-state index contributed by atoms with van der Waals surface area (Å²) >= 11 is 3.92. The molecule has 24 heavy (non-hydrogen) atoms. The number of rotatable bonds is 5. The molecule has 0 saturated heterocycles. The quantitative estimate of drug-likeness (QED) is 0.133. The van der Waals surface area contributed by atoms with E-state index < -0.39 is 15.5 Å². The third-order valence-electron chi connectivity index (χ3n) is 3.24. The highest BCUT2D eigenvalue weighted by atomic mass is 127. The summed E-state index contributed by atoms with van der Waals surface area (Å²) in [5.74, 6) is 5.42. The highest BCUT2D eigenvalue weighted by Gasteiger charge is 2.40. The lowest BCUT2D eigenvalue weighted by Gasteiger charge is -2.30. The van der Waals surface area contributed by atoms with Crippen molar-refractivity contribution in [2.45, 2.75) is 9.97 Å². The van der Waals surface area contributed by atoms with Crippen LogP contribution in [0.5, 0.6) is 0 Å². The first-order chi connectivity index (χ1) is 11.3. The number of hydrogen-bond donors (Lipinski definition) is 3. The molecule has 0 aromatic heterocycles. The standard InChI is InChI=1S/C16H15I2N3O3/c17-12-7-4-8-13(9-12)21(19)14(22)16(18,20-15(23)24)10-11-5-2-1-3-6-11/h1-9,20H,10,19H2,(H,23,24)/t16-/m1/s1. The van der Waals surface area contributed by atoms with Crippen LogP contribution in [0.2, 0.25) is 0 Å². The molecule has 6 nitrogen and oxygen atoms in total. The molecule has 0 radical (unpaired) electrons. The Morgan fingerprint density at radius 3 is 2.42 bits per heavy atom. The molecule has 0 aliphatic heterocycles. The molecule has 0 bridgehead atoms. The van der Waals surface area contributed by atoms with E-state index in [-0.39, 0.29) is 6.42 Å². The van der Waals surface area contributed by atoms with Crippen molar-refractivity contribution >= 4 is 62.9 Å². The number of amides is 2. The van der Waals surface area contributed by atoms with Crippen LogP contribution in [0.15, 0.2) is 54.6 Å². The number of nitrogens with two attached hydrogens (primary N) is 1. The SMILES string of the molecule is NN(C(=O)[C@@](I)(Cc1ccccc1)NC(=O)O)c1cccc(I)c1. The van der Waals surface area contributed by atoms with Gasteiger partial charge in [0, 0.05) is 9.99 Å². The summed E-state index contributed by atoms with van der Waals surface area (Å²) in [7, 11) is 0. The number of carbonyl (C=O) groups is 2. The normalized spacial score (nSPS) is 13.0. The van der Waals surface area contributed by atoms with Gasteiger partial charge in [-0.15, -0.1) is 0 Å². The van der Waals surface area contributed by atoms with E-state index in [4.69, 9.17) is 10.9 Å². The van der Waals surface area contributed by atoms with Crippen LogP contribution in [0.1, 0.15) is 5.56 Å². The van der Waals surface area contributed by atoms with Crippen LogP contribution >= 0.6 is 45.2 Å². The van der Waals surface area contributed by atoms with Crippen molar-refractivity contribution in [2.75, 3.05) is 5.01 Å². The van der Waals surface area contributed by atoms with Gasteiger partial charge in [0.15, 0.2) is 3.55 Å². The molecular weight excluding hydrogens is 536 g/mol. The van der Waals surface area contributed by atoms with Crippen molar-refractivity contribution in [3.8, 4) is 0 Å². The monoisotopic (exact) mass is 551 g/mol. The molecule has 2 rings (SSSR count). The minimum Gasteiger partial charge on any atom is -0.465 e. The van der Waals surface area contributed by atoms with Gasteiger partial charge in [0.25, 0.3) is 5.91 Å². The molecular formula is C16H15I2N3O3. The van der Waals surface area contributed by atoms with Gasteiger partial charge in [0.05, 0.1) is 5.69 Å². The average molecular weight is 551 g/mol. The summed E-state index contributed by atoms with van der Waals surface area (Å²) in [6.45, 7) is 0. The maximum atomic E-state index is 12.9. The van der Waals surface area contributed by atoms with Gasteiger partial charge in [-0.25, -0.2) is 15.6 Å². The summed E-state index contributed by atoms with van der Waals surface area (Å²) in [5, 5.41) is 12.4. The van der Waals surface area contributed by atoms with Crippen LogP contribution in [-0.4, -0.2) is 20.7 Å². The Morgan fingerprint density at radius 1 is 1.17 bits per heavy atom. The molecule has 2 aromatic carbocycles. The number of benzene rings is 2. The summed E-state index contributed by atoms with van der Waals surface area (Å²) in [5.41, 5.74) is 1.32. The van der Waals surface area contributed by atoms with Gasteiger partial charge in [0.2, 0.25) is 0 Å². The molecule has 4 N–H and O–H groups in total. The van der Waals surface area contributed by atoms with Gasteiger partial charge in [-0.05, 0) is 68.9 Å². The van der Waals surface area contributed by atoms with Gasteiger partial charge < -0.3 is 5.11 Å². The van der Waals surface area contributed by atoms with E-state index in [1.807, 2.05) is 36.4 Å². The molecule has 2 amide bonds. The fourth-order valence-corrected chi connectivity index (χ4v) is 3.61. The van der Waals surface area contributed by atoms with E-state index in [9.17, 15) is 9.59 Å². The number of anilines is 1. The largest absolute Gasteiger partial charge is 0.465 e. The topological polar surface area (TPSA) is 95.7 Å². The molecule has 0 spiro atoms. The smallest absolute Gasteiger partial charge is 0.406 e. The third kappa shape index (κ3) is 4.80. The summed E-state index contributed by atoms with van der Waals surface area (Å²) < 4.78 is -0.497. The molecule has 8 heteroatoms. The van der Waals surface area contributed by atoms with E-state index in [0.717, 1.165) is 14.1 Å². The minimum absolute atomic E-state index is 0.178. The van der Waals surface area contributed by atoms with E-state index in [1.165, 1.54) is 0 Å². The second kappa shape index (κ2) is 8.12. The Hall–Kier alpha value is -1.40. The first-order valence-corrected chi connectivity index (χ1v) is 9.06. The van der Waals surface area contributed by atoms with Crippen LogP contribution in [0.4, 0.5) is 10.5 Å². The van der Waals surface area contributed by atoms with Gasteiger partial charge in [-0.1, -0.05) is 36.4 Å². The first-order valence-electron chi connectivity index (χ1n) is 6.90. The van der Waals surface area contributed by atoms with E-state index in [2.05, 4.69) is 27.9 Å². The summed E-state index contributed by atoms with van der Waals surface area (Å²) in [6.07, 6.45) is -1.11. The highest BCUT2D eigenvalue weighted by Crippen LogP contribution is 2.26. The van der Waals surface area contributed by atoms with Crippen LogP contribution in [0, 0.1) is 3.57 Å². The van der Waals surface area contributed by atoms with Gasteiger partial charge in [-0.3, -0.25) is 10.1 Å². The Morgan fingerprint density at radius 2 is 1.83 bits per heavy atom. The predicted molar refractivity (Wildman–Crippen MR) is 109 cm³/mol. The van der Waals surface area contributed by atoms with Crippen LogP contribution in [-0.2, 0) is 11.2 Å². The Balaban J connectivity index is 2.32. The van der Waals surface area contributed by atoms with Crippen LogP contribution in [0.3, 0.4) is 0 Å². The maximum absolute atomic E-state index is 12.9. The lowest BCUT2D eigenvalue weighted by molar-refractivity contribution is -0.121. The summed E-state index contributed by atoms with van der Waals surface area (Å²) in [6, 6.07) is 16.3. The Labute approximate surface area is 166 Å². The molecule has 126 valence electrons. The first kappa shape index (κ1) is 18.9. The Bertz CT molecular complexity index is 742. The molecule has 2 aromatic rings. The van der Waals surface area contributed by atoms with Crippen molar-refractivity contribution < 1.29 is 14.7 Å². The van der Waals surface area contributed by atoms with E-state index in [0.29, 0.717) is 5.69 Å². The van der Waals surface area contributed by atoms with Crippen molar-refractivity contribution in [1.29, 1.82) is 0 Å². The molecule has 0 fully saturated rings. The number of halogens is 2. The van der Waals surface area contributed by atoms with Crippen molar-refractivity contribution in [2.24, 2.45) is 5.84 Å². The van der Waals surface area contributed by atoms with E-state index >= 15 is 0 Å². The van der Waals surface area contributed by atoms with Gasteiger partial charge in [-0.2, -0.15) is 0 Å². The second-order valence-electron chi connectivity index (χ2n) is 5.05. The lowest BCUT2D eigenvalue weighted by Crippen LogP contribution is -2.58. The molecule has 1 atom stereocenters. The van der Waals surface area contributed by atoms with Crippen molar-refractivity contribution in [3.63, 3.8) is 0 Å². The molecule has 0 heterocycles. The number of carboxylic acid groups (broad SMARTS) is 1. The molecule has 0 aliphatic rings. The van der Waals surface area contributed by atoms with Gasteiger partial charge >= 0.3 is 6.09 Å². The zero-order valence-electron chi connectivity index (χ0n) is 12.4. The van der Waals surface area contributed by atoms with Crippen LogP contribution in [0.25, 0.3) is 0 Å². The van der Waals surface area contributed by atoms with Crippen molar-refractivity contribution in [3.05, 3.63) is 63.7 Å².